The summed E-state index contributed by atoms with van der Waals surface area (Å²) in [6.45, 7) is 7.96. The summed E-state index contributed by atoms with van der Waals surface area (Å²) in [4.78, 5) is 4.11. The van der Waals surface area contributed by atoms with E-state index < -0.39 is 18.3 Å². The second-order valence-electron chi connectivity index (χ2n) is 5.86. The zero-order valence-corrected chi connectivity index (χ0v) is 13.1. The summed E-state index contributed by atoms with van der Waals surface area (Å²) < 4.78 is 25.1. The second kappa shape index (κ2) is 5.50. The molecule has 20 heavy (non-hydrogen) atoms. The summed E-state index contributed by atoms with van der Waals surface area (Å²) in [5.74, 6) is 0.133. The Morgan fingerprint density at radius 2 is 1.95 bits per heavy atom. The van der Waals surface area contributed by atoms with Gasteiger partial charge < -0.3 is 9.31 Å². The summed E-state index contributed by atoms with van der Waals surface area (Å²) in [5.41, 5.74) is 0.540. The number of rotatable bonds is 3. The average Bonchev–Trinajstić information content (AvgIpc) is 2.55. The number of thiol groups is 1. The van der Waals surface area contributed by atoms with Crippen LogP contribution in [0.2, 0.25) is 0 Å². The van der Waals surface area contributed by atoms with Crippen LogP contribution in [0, 0.1) is 5.82 Å². The van der Waals surface area contributed by atoms with Gasteiger partial charge in [-0.05, 0) is 51.4 Å². The molecule has 0 amide bonds. The van der Waals surface area contributed by atoms with Gasteiger partial charge in [-0.3, -0.25) is 4.98 Å². The molecule has 1 saturated heterocycles. The van der Waals surface area contributed by atoms with Crippen LogP contribution >= 0.6 is 12.6 Å². The fourth-order valence-electron chi connectivity index (χ4n) is 1.87. The molecule has 0 bridgehead atoms. The lowest BCUT2D eigenvalue weighted by molar-refractivity contribution is 0.00578. The van der Waals surface area contributed by atoms with Crippen molar-refractivity contribution in [3.63, 3.8) is 0 Å². The van der Waals surface area contributed by atoms with Crippen molar-refractivity contribution in [3.05, 3.63) is 35.3 Å². The van der Waals surface area contributed by atoms with Gasteiger partial charge in [-0.25, -0.2) is 4.39 Å². The molecule has 0 aliphatic carbocycles. The van der Waals surface area contributed by atoms with Gasteiger partial charge in [0.25, 0.3) is 0 Å². The molecular weight excluding hydrogens is 276 g/mol. The van der Waals surface area contributed by atoms with Crippen molar-refractivity contribution in [1.82, 2.24) is 4.98 Å². The SMILES string of the molecule is CC1(C)OB(C(=Cc2cc(F)ccn2)CS)OC1(C)C. The molecule has 1 aliphatic heterocycles. The zero-order valence-electron chi connectivity index (χ0n) is 12.2. The summed E-state index contributed by atoms with van der Waals surface area (Å²) in [5, 5.41) is 0. The predicted octanol–water partition coefficient (Wildman–Crippen LogP) is 3.17. The van der Waals surface area contributed by atoms with E-state index in [0.717, 1.165) is 5.47 Å². The van der Waals surface area contributed by atoms with Gasteiger partial charge in [-0.15, -0.1) is 0 Å². The van der Waals surface area contributed by atoms with Gasteiger partial charge >= 0.3 is 7.12 Å². The molecule has 0 spiro atoms. The van der Waals surface area contributed by atoms with Crippen LogP contribution < -0.4 is 0 Å². The first-order valence-corrected chi connectivity index (χ1v) is 7.17. The minimum Gasteiger partial charge on any atom is -0.400 e. The van der Waals surface area contributed by atoms with E-state index in [2.05, 4.69) is 17.6 Å². The molecule has 1 aromatic heterocycles. The van der Waals surface area contributed by atoms with Gasteiger partial charge in [0.05, 0.1) is 16.9 Å². The van der Waals surface area contributed by atoms with Crippen molar-refractivity contribution < 1.29 is 13.7 Å². The number of aromatic nitrogens is 1. The van der Waals surface area contributed by atoms with Crippen molar-refractivity contribution in [2.45, 2.75) is 38.9 Å². The van der Waals surface area contributed by atoms with Crippen LogP contribution in [-0.2, 0) is 9.31 Å². The Morgan fingerprint density at radius 3 is 2.45 bits per heavy atom. The van der Waals surface area contributed by atoms with Crippen LogP contribution in [0.3, 0.4) is 0 Å². The maximum Gasteiger partial charge on any atom is 0.491 e. The van der Waals surface area contributed by atoms with Gasteiger partial charge in [0.1, 0.15) is 5.82 Å². The average molecular weight is 295 g/mol. The molecule has 0 aromatic carbocycles. The lowest BCUT2D eigenvalue weighted by Crippen LogP contribution is -2.41. The van der Waals surface area contributed by atoms with E-state index in [9.17, 15) is 4.39 Å². The second-order valence-corrected chi connectivity index (χ2v) is 6.18. The first-order valence-electron chi connectivity index (χ1n) is 6.54. The molecule has 108 valence electrons. The Kier molecular flexibility index (Phi) is 4.28. The van der Waals surface area contributed by atoms with E-state index in [1.54, 1.807) is 6.08 Å². The van der Waals surface area contributed by atoms with E-state index in [1.807, 2.05) is 27.7 Å². The van der Waals surface area contributed by atoms with Crippen LogP contribution in [0.5, 0.6) is 0 Å². The van der Waals surface area contributed by atoms with Crippen molar-refractivity contribution in [3.8, 4) is 0 Å². The monoisotopic (exact) mass is 295 g/mol. The highest BCUT2D eigenvalue weighted by Crippen LogP contribution is 2.38. The number of nitrogens with zero attached hydrogens (tertiary/aromatic N) is 1. The van der Waals surface area contributed by atoms with Crippen molar-refractivity contribution in [2.24, 2.45) is 0 Å². The molecule has 2 heterocycles. The van der Waals surface area contributed by atoms with Crippen LogP contribution in [-0.4, -0.2) is 29.1 Å². The highest BCUT2D eigenvalue weighted by molar-refractivity contribution is 7.80. The first-order chi connectivity index (χ1) is 9.25. The minimum absolute atomic E-state index is 0.321. The number of halogens is 1. The van der Waals surface area contributed by atoms with Crippen molar-refractivity contribution >= 4 is 25.8 Å². The molecule has 1 aromatic rings. The summed E-state index contributed by atoms with van der Waals surface area (Å²) in [6.07, 6.45) is 3.19. The van der Waals surface area contributed by atoms with Crippen LogP contribution in [0.1, 0.15) is 33.4 Å². The summed E-state index contributed by atoms with van der Waals surface area (Å²) in [6, 6.07) is 2.68. The van der Waals surface area contributed by atoms with E-state index in [4.69, 9.17) is 9.31 Å². The Balaban J connectivity index is 2.26. The lowest BCUT2D eigenvalue weighted by atomic mass is 9.78. The molecule has 1 aliphatic rings. The lowest BCUT2D eigenvalue weighted by Gasteiger charge is -2.32. The van der Waals surface area contributed by atoms with Gasteiger partial charge in [0, 0.05) is 11.9 Å². The molecule has 0 radical (unpaired) electrons. The van der Waals surface area contributed by atoms with Crippen LogP contribution in [0.25, 0.3) is 6.08 Å². The number of pyridine rings is 1. The maximum atomic E-state index is 13.2. The smallest absolute Gasteiger partial charge is 0.400 e. The quantitative estimate of drug-likeness (QED) is 0.686. The summed E-state index contributed by atoms with van der Waals surface area (Å²) >= 11 is 4.31. The Bertz CT molecular complexity index is 518. The largest absolute Gasteiger partial charge is 0.491 e. The number of hydrogen-bond acceptors (Lipinski definition) is 4. The van der Waals surface area contributed by atoms with E-state index in [-0.39, 0.29) is 5.82 Å². The number of hydrogen-bond donors (Lipinski definition) is 1. The predicted molar refractivity (Wildman–Crippen MR) is 82.1 cm³/mol. The molecule has 1 fully saturated rings. The molecule has 0 saturated carbocycles. The van der Waals surface area contributed by atoms with E-state index in [1.165, 1.54) is 18.3 Å². The third-order valence-corrected chi connectivity index (χ3v) is 4.18. The third kappa shape index (κ3) is 3.08. The molecule has 0 N–H and O–H groups in total. The van der Waals surface area contributed by atoms with Crippen molar-refractivity contribution in [2.75, 3.05) is 5.75 Å². The Morgan fingerprint density at radius 1 is 1.35 bits per heavy atom. The van der Waals surface area contributed by atoms with E-state index in [0.29, 0.717) is 11.4 Å². The zero-order chi connectivity index (χ0) is 15.0. The maximum absolute atomic E-state index is 13.2. The van der Waals surface area contributed by atoms with E-state index >= 15 is 0 Å². The normalized spacial score (nSPS) is 21.3. The minimum atomic E-state index is -0.484. The standard InChI is InChI=1S/C14H19BFNO2S/c1-13(2)14(3,4)19-15(18-13)10(9-20)7-12-8-11(16)5-6-17-12/h5-8,20H,9H2,1-4H3. The van der Waals surface area contributed by atoms with Gasteiger partial charge in [0.15, 0.2) is 0 Å². The van der Waals surface area contributed by atoms with Crippen molar-refractivity contribution in [1.29, 1.82) is 0 Å². The molecule has 0 atom stereocenters. The molecule has 2 rings (SSSR count). The van der Waals surface area contributed by atoms with Gasteiger partial charge in [-0.1, -0.05) is 0 Å². The van der Waals surface area contributed by atoms with Gasteiger partial charge in [0.2, 0.25) is 0 Å². The topological polar surface area (TPSA) is 31.4 Å². The van der Waals surface area contributed by atoms with Gasteiger partial charge in [-0.2, -0.15) is 12.6 Å². The van der Waals surface area contributed by atoms with Crippen LogP contribution in [0.15, 0.2) is 23.8 Å². The fraction of sp³-hybridized carbons (Fsp3) is 0.500. The summed E-state index contributed by atoms with van der Waals surface area (Å²) in [7, 11) is -0.484. The molecule has 6 heteroatoms. The Labute approximate surface area is 125 Å². The van der Waals surface area contributed by atoms with Crippen LogP contribution in [0.4, 0.5) is 4.39 Å². The molecule has 3 nitrogen and oxygen atoms in total. The first kappa shape index (κ1) is 15.5. The highest BCUT2D eigenvalue weighted by Gasteiger charge is 2.52. The molecule has 0 unspecified atom stereocenters. The Hall–Kier alpha value is -0.845. The highest BCUT2D eigenvalue weighted by atomic mass is 32.1. The third-order valence-electron chi connectivity index (χ3n) is 3.81. The molecular formula is C14H19BFNO2S. The fourth-order valence-corrected chi connectivity index (χ4v) is 2.11.